The molecule has 20 heavy (non-hydrogen) atoms. The first-order valence-corrected chi connectivity index (χ1v) is 7.86. The van der Waals surface area contributed by atoms with Crippen LogP contribution in [-0.4, -0.2) is 21.8 Å². The zero-order valence-corrected chi connectivity index (χ0v) is 12.9. The van der Waals surface area contributed by atoms with E-state index in [4.69, 9.17) is 0 Å². The van der Waals surface area contributed by atoms with Gasteiger partial charge in [-0.05, 0) is 29.8 Å². The Bertz CT molecular complexity index is 607. The first-order chi connectivity index (χ1) is 9.65. The maximum Gasteiger partial charge on any atom is 0.235 e. The minimum Gasteiger partial charge on any atom is -0.504 e. The fourth-order valence-electron chi connectivity index (χ4n) is 1.55. The number of aromatic nitrogens is 1. The summed E-state index contributed by atoms with van der Waals surface area (Å²) in [5.74, 6) is 1.04. The minimum absolute atomic E-state index is 0.0298. The number of carbonyl (C=O) groups excluding carboxylic acids is 1. The Morgan fingerprint density at radius 1 is 1.35 bits per heavy atom. The number of nitrogens with zero attached hydrogens (tertiary/aromatic N) is 1. The van der Waals surface area contributed by atoms with Crippen LogP contribution in [0, 0.1) is 0 Å². The number of hydrogen-bond donors (Lipinski definition) is 2. The quantitative estimate of drug-likeness (QED) is 0.865. The van der Waals surface area contributed by atoms with Gasteiger partial charge in [-0.25, -0.2) is 4.98 Å². The molecule has 1 aromatic heterocycles. The van der Waals surface area contributed by atoms with Crippen LogP contribution in [0.2, 0.25) is 0 Å². The average molecular weight is 353 g/mol. The first kappa shape index (κ1) is 14.9. The molecule has 0 aliphatic carbocycles. The molecule has 0 spiro atoms. The summed E-state index contributed by atoms with van der Waals surface area (Å²) in [7, 11) is 0. The van der Waals surface area contributed by atoms with Crippen molar-refractivity contribution in [2.45, 2.75) is 5.75 Å². The highest BCUT2D eigenvalue weighted by molar-refractivity contribution is 9.10. The van der Waals surface area contributed by atoms with Crippen molar-refractivity contribution in [1.82, 2.24) is 4.98 Å². The van der Waals surface area contributed by atoms with E-state index in [1.807, 2.05) is 24.3 Å². The van der Waals surface area contributed by atoms with Gasteiger partial charge >= 0.3 is 0 Å². The zero-order chi connectivity index (χ0) is 14.4. The van der Waals surface area contributed by atoms with Gasteiger partial charge < -0.3 is 10.4 Å². The SMILES string of the molecule is O=C(CSCc1cccc(Br)c1)Nc1ncccc1O. The van der Waals surface area contributed by atoms with E-state index in [2.05, 4.69) is 26.2 Å². The standard InChI is InChI=1S/C14H13BrN2O2S/c15-11-4-1-3-10(7-11)8-20-9-13(19)17-14-12(18)5-2-6-16-14/h1-7,18H,8-9H2,(H,16,17,19). The number of rotatable bonds is 5. The molecule has 2 N–H and O–H groups in total. The third-order valence-corrected chi connectivity index (χ3v) is 3.93. The molecule has 0 radical (unpaired) electrons. The zero-order valence-electron chi connectivity index (χ0n) is 10.5. The third kappa shape index (κ3) is 4.54. The second-order valence-electron chi connectivity index (χ2n) is 4.04. The first-order valence-electron chi connectivity index (χ1n) is 5.91. The van der Waals surface area contributed by atoms with E-state index < -0.39 is 0 Å². The number of anilines is 1. The second kappa shape index (κ2) is 7.31. The Labute approximate surface area is 129 Å². The number of pyridine rings is 1. The Morgan fingerprint density at radius 3 is 2.95 bits per heavy atom. The van der Waals surface area contributed by atoms with Crippen molar-refractivity contribution in [2.24, 2.45) is 0 Å². The van der Waals surface area contributed by atoms with Gasteiger partial charge in [0.25, 0.3) is 0 Å². The van der Waals surface area contributed by atoms with Gasteiger partial charge in [0.05, 0.1) is 5.75 Å². The summed E-state index contributed by atoms with van der Waals surface area (Å²) in [4.78, 5) is 15.6. The smallest absolute Gasteiger partial charge is 0.235 e. The highest BCUT2D eigenvalue weighted by atomic mass is 79.9. The maximum absolute atomic E-state index is 11.7. The molecular formula is C14H13BrN2O2S. The third-order valence-electron chi connectivity index (χ3n) is 2.44. The molecule has 2 rings (SSSR count). The Kier molecular flexibility index (Phi) is 5.43. The number of thioether (sulfide) groups is 1. The van der Waals surface area contributed by atoms with Crippen molar-refractivity contribution in [1.29, 1.82) is 0 Å². The number of halogens is 1. The molecule has 104 valence electrons. The molecule has 0 aliphatic heterocycles. The predicted octanol–water partition coefficient (Wildman–Crippen LogP) is 3.42. The highest BCUT2D eigenvalue weighted by Gasteiger charge is 2.07. The van der Waals surface area contributed by atoms with E-state index in [0.717, 1.165) is 15.8 Å². The van der Waals surface area contributed by atoms with Gasteiger partial charge in [0.15, 0.2) is 11.6 Å². The van der Waals surface area contributed by atoms with E-state index in [1.165, 1.54) is 24.0 Å². The van der Waals surface area contributed by atoms with Gasteiger partial charge in [0, 0.05) is 16.4 Å². The molecule has 0 bridgehead atoms. The van der Waals surface area contributed by atoms with Gasteiger partial charge in [-0.3, -0.25) is 4.79 Å². The number of benzene rings is 1. The van der Waals surface area contributed by atoms with Gasteiger partial charge in [0.1, 0.15) is 0 Å². The largest absolute Gasteiger partial charge is 0.504 e. The molecule has 0 atom stereocenters. The molecule has 0 unspecified atom stereocenters. The summed E-state index contributed by atoms with van der Waals surface area (Å²) in [6.07, 6.45) is 1.52. The van der Waals surface area contributed by atoms with E-state index in [9.17, 15) is 9.90 Å². The summed E-state index contributed by atoms with van der Waals surface area (Å²) in [5, 5.41) is 12.1. The van der Waals surface area contributed by atoms with Crippen LogP contribution < -0.4 is 5.32 Å². The minimum atomic E-state index is -0.181. The lowest BCUT2D eigenvalue weighted by Crippen LogP contribution is -2.15. The molecular weight excluding hydrogens is 340 g/mol. The average Bonchev–Trinajstić information content (AvgIpc) is 2.41. The van der Waals surface area contributed by atoms with Crippen molar-refractivity contribution in [3.63, 3.8) is 0 Å². The summed E-state index contributed by atoms with van der Waals surface area (Å²) >= 11 is 4.92. The normalized spacial score (nSPS) is 10.2. The number of carbonyl (C=O) groups is 1. The highest BCUT2D eigenvalue weighted by Crippen LogP contribution is 2.20. The summed E-state index contributed by atoms with van der Waals surface area (Å²) < 4.78 is 1.03. The van der Waals surface area contributed by atoms with Crippen LogP contribution in [-0.2, 0) is 10.5 Å². The second-order valence-corrected chi connectivity index (χ2v) is 5.94. The van der Waals surface area contributed by atoms with Crippen molar-refractivity contribution >= 4 is 39.4 Å². The van der Waals surface area contributed by atoms with E-state index in [-0.39, 0.29) is 17.5 Å². The molecule has 0 saturated carbocycles. The molecule has 6 heteroatoms. The predicted molar refractivity (Wildman–Crippen MR) is 84.8 cm³/mol. The number of nitrogens with one attached hydrogen (secondary N) is 1. The van der Waals surface area contributed by atoms with Crippen LogP contribution in [0.4, 0.5) is 5.82 Å². The molecule has 4 nitrogen and oxygen atoms in total. The van der Waals surface area contributed by atoms with E-state index >= 15 is 0 Å². The fourth-order valence-corrected chi connectivity index (χ4v) is 2.77. The molecule has 1 amide bonds. The van der Waals surface area contributed by atoms with Crippen molar-refractivity contribution in [3.05, 3.63) is 52.6 Å². The monoisotopic (exact) mass is 352 g/mol. The lowest BCUT2D eigenvalue weighted by atomic mass is 10.2. The van der Waals surface area contributed by atoms with Crippen LogP contribution in [0.1, 0.15) is 5.56 Å². The number of hydrogen-bond acceptors (Lipinski definition) is 4. The lowest BCUT2D eigenvalue weighted by molar-refractivity contribution is -0.113. The van der Waals surface area contributed by atoms with Gasteiger partial charge in [-0.1, -0.05) is 28.1 Å². The van der Waals surface area contributed by atoms with Crippen LogP contribution in [0.3, 0.4) is 0 Å². The van der Waals surface area contributed by atoms with Crippen LogP contribution in [0.5, 0.6) is 5.75 Å². The molecule has 0 fully saturated rings. The summed E-state index contributed by atoms with van der Waals surface area (Å²) in [6, 6.07) is 11.1. The fraction of sp³-hybridized carbons (Fsp3) is 0.143. The summed E-state index contributed by atoms with van der Waals surface area (Å²) in [5.41, 5.74) is 1.15. The topological polar surface area (TPSA) is 62.2 Å². The van der Waals surface area contributed by atoms with Gasteiger partial charge in [-0.15, -0.1) is 11.8 Å². The number of amides is 1. The van der Waals surface area contributed by atoms with Crippen LogP contribution in [0.15, 0.2) is 47.1 Å². The lowest BCUT2D eigenvalue weighted by Gasteiger charge is -2.06. The molecule has 1 heterocycles. The van der Waals surface area contributed by atoms with Crippen molar-refractivity contribution < 1.29 is 9.90 Å². The van der Waals surface area contributed by atoms with Crippen LogP contribution >= 0.6 is 27.7 Å². The Hall–Kier alpha value is -1.53. The van der Waals surface area contributed by atoms with Crippen molar-refractivity contribution in [3.8, 4) is 5.75 Å². The molecule has 2 aromatic rings. The molecule has 1 aromatic carbocycles. The molecule has 0 saturated heterocycles. The van der Waals surface area contributed by atoms with Gasteiger partial charge in [0.2, 0.25) is 5.91 Å². The maximum atomic E-state index is 11.7. The van der Waals surface area contributed by atoms with Crippen LogP contribution in [0.25, 0.3) is 0 Å². The number of aromatic hydroxyl groups is 1. The summed E-state index contributed by atoms with van der Waals surface area (Å²) in [6.45, 7) is 0. The van der Waals surface area contributed by atoms with E-state index in [0.29, 0.717) is 5.75 Å². The Balaban J connectivity index is 1.80. The van der Waals surface area contributed by atoms with Crippen molar-refractivity contribution in [2.75, 3.05) is 11.1 Å². The van der Waals surface area contributed by atoms with E-state index in [1.54, 1.807) is 6.07 Å². The van der Waals surface area contributed by atoms with Gasteiger partial charge in [-0.2, -0.15) is 0 Å². The molecule has 0 aliphatic rings. The Morgan fingerprint density at radius 2 is 2.20 bits per heavy atom.